The molecule has 0 aromatic carbocycles. The molecule has 0 aliphatic heterocycles. The zero-order chi connectivity index (χ0) is 14.9. The van der Waals surface area contributed by atoms with Crippen molar-refractivity contribution in [1.82, 2.24) is 20.3 Å². The predicted octanol–water partition coefficient (Wildman–Crippen LogP) is 0.820. The Labute approximate surface area is 123 Å². The number of aromatic nitrogens is 3. The van der Waals surface area contributed by atoms with E-state index in [-0.39, 0.29) is 12.5 Å². The van der Waals surface area contributed by atoms with E-state index in [1.54, 1.807) is 12.4 Å². The number of anilines is 2. The van der Waals surface area contributed by atoms with E-state index in [1.165, 1.54) is 12.4 Å². The van der Waals surface area contributed by atoms with Crippen LogP contribution < -0.4 is 16.0 Å². The Hall–Kier alpha value is -2.54. The van der Waals surface area contributed by atoms with Gasteiger partial charge in [0, 0.05) is 31.7 Å². The van der Waals surface area contributed by atoms with Crippen molar-refractivity contribution in [2.45, 2.75) is 6.92 Å². The monoisotopic (exact) mass is 286 g/mol. The molecule has 0 radical (unpaired) electrons. The smallest absolute Gasteiger partial charge is 0.239 e. The molecule has 0 fully saturated rings. The average molecular weight is 286 g/mol. The van der Waals surface area contributed by atoms with E-state index in [0.29, 0.717) is 18.9 Å². The van der Waals surface area contributed by atoms with Crippen LogP contribution >= 0.6 is 0 Å². The Kier molecular flexibility index (Phi) is 5.60. The van der Waals surface area contributed by atoms with E-state index in [4.69, 9.17) is 0 Å². The number of hydrogen-bond donors (Lipinski definition) is 3. The Bertz CT molecular complexity index is 575. The fourth-order valence-electron chi connectivity index (χ4n) is 1.66. The van der Waals surface area contributed by atoms with E-state index < -0.39 is 0 Å². The summed E-state index contributed by atoms with van der Waals surface area (Å²) >= 11 is 0. The molecule has 2 rings (SSSR count). The molecular weight excluding hydrogens is 268 g/mol. The third-order valence-corrected chi connectivity index (χ3v) is 2.64. The number of carbonyl (C=O) groups is 1. The molecular formula is C14H18N6O. The van der Waals surface area contributed by atoms with Gasteiger partial charge < -0.3 is 16.0 Å². The van der Waals surface area contributed by atoms with Gasteiger partial charge in [-0.15, -0.1) is 0 Å². The molecule has 0 aliphatic rings. The van der Waals surface area contributed by atoms with Gasteiger partial charge in [0.25, 0.3) is 0 Å². The van der Waals surface area contributed by atoms with E-state index >= 15 is 0 Å². The summed E-state index contributed by atoms with van der Waals surface area (Å²) < 4.78 is 0. The third kappa shape index (κ3) is 5.53. The van der Waals surface area contributed by atoms with Gasteiger partial charge in [-0.3, -0.25) is 9.78 Å². The number of pyridine rings is 1. The summed E-state index contributed by atoms with van der Waals surface area (Å²) in [7, 11) is 0. The summed E-state index contributed by atoms with van der Waals surface area (Å²) in [6, 6.07) is 3.92. The second kappa shape index (κ2) is 7.91. The number of hydrogen-bond acceptors (Lipinski definition) is 6. The highest BCUT2D eigenvalue weighted by Gasteiger charge is 2.02. The number of carbonyl (C=O) groups excluding carboxylic acids is 1. The lowest BCUT2D eigenvalue weighted by Gasteiger charge is -2.08. The normalized spacial score (nSPS) is 10.1. The molecule has 110 valence electrons. The minimum Gasteiger partial charge on any atom is -0.369 e. The van der Waals surface area contributed by atoms with Crippen molar-refractivity contribution in [3.63, 3.8) is 0 Å². The fraction of sp³-hybridized carbons (Fsp3) is 0.286. The van der Waals surface area contributed by atoms with E-state index in [1.807, 2.05) is 19.1 Å². The van der Waals surface area contributed by atoms with Crippen molar-refractivity contribution in [2.75, 3.05) is 30.3 Å². The first kappa shape index (κ1) is 14.9. The topological polar surface area (TPSA) is 91.8 Å². The summed E-state index contributed by atoms with van der Waals surface area (Å²) in [5.74, 6) is 1.14. The Morgan fingerprint density at radius 3 is 2.76 bits per heavy atom. The summed E-state index contributed by atoms with van der Waals surface area (Å²) in [5, 5.41) is 8.87. The van der Waals surface area contributed by atoms with Crippen molar-refractivity contribution < 1.29 is 4.79 Å². The van der Waals surface area contributed by atoms with Crippen molar-refractivity contribution >= 4 is 17.5 Å². The summed E-state index contributed by atoms with van der Waals surface area (Å²) in [5.41, 5.74) is 1.16. The van der Waals surface area contributed by atoms with Crippen LogP contribution in [-0.2, 0) is 4.79 Å². The van der Waals surface area contributed by atoms with Crippen LogP contribution in [0.1, 0.15) is 5.56 Å². The van der Waals surface area contributed by atoms with Gasteiger partial charge in [-0.1, -0.05) is 0 Å². The molecule has 2 heterocycles. The van der Waals surface area contributed by atoms with Crippen molar-refractivity contribution in [3.8, 4) is 0 Å². The van der Waals surface area contributed by atoms with Crippen LogP contribution in [0.3, 0.4) is 0 Å². The van der Waals surface area contributed by atoms with Gasteiger partial charge in [-0.05, 0) is 24.6 Å². The molecule has 0 atom stereocenters. The first-order valence-corrected chi connectivity index (χ1v) is 6.67. The lowest BCUT2D eigenvalue weighted by Crippen LogP contribution is -2.31. The molecule has 0 spiro atoms. The molecule has 3 N–H and O–H groups in total. The molecule has 0 unspecified atom stereocenters. The maximum atomic E-state index is 11.6. The third-order valence-electron chi connectivity index (χ3n) is 2.64. The van der Waals surface area contributed by atoms with E-state index in [2.05, 4.69) is 30.9 Å². The molecule has 0 saturated carbocycles. The lowest BCUT2D eigenvalue weighted by atomic mass is 10.3. The highest BCUT2D eigenvalue weighted by Crippen LogP contribution is 2.03. The number of nitrogens with one attached hydrogen (secondary N) is 3. The first-order valence-electron chi connectivity index (χ1n) is 6.67. The van der Waals surface area contributed by atoms with Gasteiger partial charge in [0.15, 0.2) is 5.82 Å². The Morgan fingerprint density at radius 2 is 2.00 bits per heavy atom. The number of amides is 1. The highest BCUT2D eigenvalue weighted by atomic mass is 16.1. The van der Waals surface area contributed by atoms with E-state index in [0.717, 1.165) is 11.4 Å². The van der Waals surface area contributed by atoms with Crippen LogP contribution in [-0.4, -0.2) is 40.5 Å². The van der Waals surface area contributed by atoms with Crippen molar-refractivity contribution in [2.24, 2.45) is 0 Å². The standard InChI is InChI=1S/C14H18N6O/c1-11-2-3-17-12(8-11)18-6-5-16-10-14(21)20-13-9-15-4-7-19-13/h2-4,7-9,16H,5-6,10H2,1H3,(H,17,18)(H,19,20,21). The van der Waals surface area contributed by atoms with Gasteiger partial charge in [0.2, 0.25) is 5.91 Å². The molecule has 1 amide bonds. The SMILES string of the molecule is Cc1ccnc(NCCNCC(=O)Nc2cnccn2)c1. The first-order chi connectivity index (χ1) is 10.2. The summed E-state index contributed by atoms with van der Waals surface area (Å²) in [6.07, 6.45) is 6.35. The Morgan fingerprint density at radius 1 is 1.14 bits per heavy atom. The van der Waals surface area contributed by atoms with Crippen LogP contribution in [0.4, 0.5) is 11.6 Å². The van der Waals surface area contributed by atoms with Crippen molar-refractivity contribution in [3.05, 3.63) is 42.5 Å². The number of rotatable bonds is 7. The molecule has 7 nitrogen and oxygen atoms in total. The molecule has 2 aromatic rings. The van der Waals surface area contributed by atoms with Crippen LogP contribution in [0.2, 0.25) is 0 Å². The molecule has 7 heteroatoms. The summed E-state index contributed by atoms with van der Waals surface area (Å²) in [4.78, 5) is 23.7. The minimum absolute atomic E-state index is 0.149. The summed E-state index contributed by atoms with van der Waals surface area (Å²) in [6.45, 7) is 3.58. The maximum absolute atomic E-state index is 11.6. The number of aryl methyl sites for hydroxylation is 1. The average Bonchev–Trinajstić information content (AvgIpc) is 2.48. The number of nitrogens with zero attached hydrogens (tertiary/aromatic N) is 3. The molecule has 21 heavy (non-hydrogen) atoms. The van der Waals surface area contributed by atoms with Gasteiger partial charge in [0.1, 0.15) is 5.82 Å². The predicted molar refractivity (Wildman–Crippen MR) is 81.0 cm³/mol. The van der Waals surface area contributed by atoms with Crippen molar-refractivity contribution in [1.29, 1.82) is 0 Å². The second-order valence-electron chi connectivity index (χ2n) is 4.46. The fourth-order valence-corrected chi connectivity index (χ4v) is 1.66. The highest BCUT2D eigenvalue weighted by molar-refractivity contribution is 5.91. The van der Waals surface area contributed by atoms with Gasteiger partial charge in [-0.25, -0.2) is 9.97 Å². The quantitative estimate of drug-likeness (QED) is 0.653. The molecule has 2 aromatic heterocycles. The minimum atomic E-state index is -0.149. The lowest BCUT2D eigenvalue weighted by molar-refractivity contribution is -0.115. The van der Waals surface area contributed by atoms with E-state index in [9.17, 15) is 4.79 Å². The van der Waals surface area contributed by atoms with Crippen LogP contribution in [0, 0.1) is 6.92 Å². The maximum Gasteiger partial charge on any atom is 0.239 e. The molecule has 0 bridgehead atoms. The van der Waals surface area contributed by atoms with Crippen LogP contribution in [0.5, 0.6) is 0 Å². The van der Waals surface area contributed by atoms with Gasteiger partial charge >= 0.3 is 0 Å². The second-order valence-corrected chi connectivity index (χ2v) is 4.46. The van der Waals surface area contributed by atoms with Gasteiger partial charge in [0.05, 0.1) is 12.7 Å². The van der Waals surface area contributed by atoms with Gasteiger partial charge in [-0.2, -0.15) is 0 Å². The molecule has 0 saturated heterocycles. The zero-order valence-corrected chi connectivity index (χ0v) is 11.8. The largest absolute Gasteiger partial charge is 0.369 e. The van der Waals surface area contributed by atoms with Crippen LogP contribution in [0.15, 0.2) is 36.9 Å². The Balaban J connectivity index is 1.60. The zero-order valence-electron chi connectivity index (χ0n) is 11.8. The van der Waals surface area contributed by atoms with Crippen LogP contribution in [0.25, 0.3) is 0 Å². The molecule has 0 aliphatic carbocycles.